The molecule has 2 rings (SSSR count). The molecule has 1 atom stereocenters. The minimum atomic E-state index is -0.710. The topological polar surface area (TPSA) is 107 Å². The summed E-state index contributed by atoms with van der Waals surface area (Å²) in [6.45, 7) is 4.04. The van der Waals surface area contributed by atoms with E-state index in [-0.39, 0.29) is 6.54 Å². The second-order valence-electron chi connectivity index (χ2n) is 5.93. The number of nitrogens with two attached hydrogens (primary N) is 2. The zero-order valence-electron chi connectivity index (χ0n) is 15.5. The molecule has 5 N–H and O–H groups in total. The first-order chi connectivity index (χ1) is 12.3. The average Bonchev–Trinajstić information content (AvgIpc) is 2.63. The van der Waals surface area contributed by atoms with Crippen LogP contribution in [0.1, 0.15) is 16.7 Å². The molecule has 0 aliphatic rings. The van der Waals surface area contributed by atoms with Crippen molar-refractivity contribution < 1.29 is 14.3 Å². The molecule has 0 bridgehead atoms. The monoisotopic (exact) mass is 357 g/mol. The first-order valence-corrected chi connectivity index (χ1v) is 8.30. The van der Waals surface area contributed by atoms with Gasteiger partial charge in [0.25, 0.3) is 0 Å². The van der Waals surface area contributed by atoms with Gasteiger partial charge in [-0.15, -0.1) is 0 Å². The zero-order chi connectivity index (χ0) is 19.5. The average molecular weight is 357 g/mol. The number of aryl methyl sites for hydroxylation is 2. The Morgan fingerprint density at radius 3 is 2.00 bits per heavy atom. The predicted octanol–water partition coefficient (Wildman–Crippen LogP) is 1.47. The third kappa shape index (κ3) is 7.81. The highest BCUT2D eigenvalue weighted by Crippen LogP contribution is 2.12. The number of amides is 2. The van der Waals surface area contributed by atoms with Gasteiger partial charge >= 0.3 is 0 Å². The van der Waals surface area contributed by atoms with Gasteiger partial charge in [-0.2, -0.15) is 0 Å². The highest BCUT2D eigenvalue weighted by molar-refractivity contribution is 5.86. The van der Waals surface area contributed by atoms with Crippen LogP contribution in [0.15, 0.2) is 48.5 Å². The van der Waals surface area contributed by atoms with Crippen molar-refractivity contribution >= 4 is 11.8 Å². The lowest BCUT2D eigenvalue weighted by Gasteiger charge is -2.11. The van der Waals surface area contributed by atoms with Crippen LogP contribution < -0.4 is 21.5 Å². The number of carbonyl (C=O) groups excluding carboxylic acids is 2. The van der Waals surface area contributed by atoms with E-state index in [0.717, 1.165) is 11.3 Å². The number of hydrogen-bond acceptors (Lipinski definition) is 4. The van der Waals surface area contributed by atoms with Gasteiger partial charge in [-0.1, -0.05) is 36.4 Å². The quantitative estimate of drug-likeness (QED) is 0.727. The smallest absolute Gasteiger partial charge is 0.237 e. The molecule has 0 saturated carbocycles. The van der Waals surface area contributed by atoms with Crippen LogP contribution in [-0.2, 0) is 16.0 Å². The van der Waals surface area contributed by atoms with E-state index in [0.29, 0.717) is 6.42 Å². The second-order valence-corrected chi connectivity index (χ2v) is 5.93. The van der Waals surface area contributed by atoms with Crippen LogP contribution in [0.2, 0.25) is 0 Å². The molecule has 0 aliphatic carbocycles. The highest BCUT2D eigenvalue weighted by atomic mass is 16.5. The molecule has 0 fully saturated rings. The summed E-state index contributed by atoms with van der Waals surface area (Å²) in [5, 5.41) is 2.36. The van der Waals surface area contributed by atoms with Crippen LogP contribution in [0.3, 0.4) is 0 Å². The molecular weight excluding hydrogens is 330 g/mol. The Kier molecular flexibility index (Phi) is 8.87. The summed E-state index contributed by atoms with van der Waals surface area (Å²) in [6.07, 6.45) is 0.384. The summed E-state index contributed by atoms with van der Waals surface area (Å²) in [5.41, 5.74) is 14.3. The lowest BCUT2D eigenvalue weighted by Crippen LogP contribution is -2.44. The van der Waals surface area contributed by atoms with Gasteiger partial charge < -0.3 is 21.5 Å². The summed E-state index contributed by atoms with van der Waals surface area (Å²) in [6, 6.07) is 14.9. The molecule has 26 heavy (non-hydrogen) atoms. The standard InChI is InChI=1S/C12H17N3O3.C8H10/c1-18-9-4-2-8(3-5-9)6-10(13)12(17)15-7-11(14)16;1-7-5-3-4-6-8(7)2/h2-5,10H,6-7,13H2,1H3,(H2,14,16)(H,15,17);3-6H,1-2H3. The number of rotatable bonds is 6. The number of methoxy groups -OCH3 is 1. The lowest BCUT2D eigenvalue weighted by atomic mass is 10.1. The molecule has 0 saturated heterocycles. The Hall–Kier alpha value is -2.86. The summed E-state index contributed by atoms with van der Waals surface area (Å²) >= 11 is 0. The maximum atomic E-state index is 11.5. The maximum absolute atomic E-state index is 11.5. The van der Waals surface area contributed by atoms with Crippen LogP contribution in [0.25, 0.3) is 0 Å². The molecule has 6 heteroatoms. The molecule has 0 heterocycles. The van der Waals surface area contributed by atoms with Gasteiger partial charge in [0.2, 0.25) is 11.8 Å². The fourth-order valence-corrected chi connectivity index (χ4v) is 2.08. The fraction of sp³-hybridized carbons (Fsp3) is 0.300. The van der Waals surface area contributed by atoms with Crippen LogP contribution in [-0.4, -0.2) is 31.5 Å². The Morgan fingerprint density at radius 1 is 1.04 bits per heavy atom. The van der Waals surface area contributed by atoms with E-state index in [1.807, 2.05) is 12.1 Å². The molecular formula is C20H27N3O3. The molecule has 1 unspecified atom stereocenters. The van der Waals surface area contributed by atoms with Gasteiger partial charge in [0.15, 0.2) is 0 Å². The Morgan fingerprint density at radius 2 is 1.58 bits per heavy atom. The fourth-order valence-electron chi connectivity index (χ4n) is 2.08. The third-order valence-electron chi connectivity index (χ3n) is 3.81. The molecule has 140 valence electrons. The van der Waals surface area contributed by atoms with Crippen LogP contribution in [0, 0.1) is 13.8 Å². The summed E-state index contributed by atoms with van der Waals surface area (Å²) in [4.78, 5) is 22.0. The van der Waals surface area contributed by atoms with Gasteiger partial charge in [-0.3, -0.25) is 9.59 Å². The first kappa shape index (κ1) is 21.2. The van der Waals surface area contributed by atoms with Gasteiger partial charge in [0.05, 0.1) is 19.7 Å². The maximum Gasteiger partial charge on any atom is 0.237 e. The summed E-state index contributed by atoms with van der Waals surface area (Å²) in [5.74, 6) is -0.255. The van der Waals surface area contributed by atoms with E-state index in [9.17, 15) is 9.59 Å². The highest BCUT2D eigenvalue weighted by Gasteiger charge is 2.14. The van der Waals surface area contributed by atoms with Crippen molar-refractivity contribution in [3.63, 3.8) is 0 Å². The zero-order valence-corrected chi connectivity index (χ0v) is 15.5. The van der Waals surface area contributed by atoms with Crippen molar-refractivity contribution in [3.8, 4) is 5.75 Å². The van der Waals surface area contributed by atoms with E-state index in [2.05, 4.69) is 43.4 Å². The number of benzene rings is 2. The molecule has 0 aliphatic heterocycles. The van der Waals surface area contributed by atoms with Crippen molar-refractivity contribution in [3.05, 3.63) is 65.2 Å². The molecule has 2 amide bonds. The van der Waals surface area contributed by atoms with E-state index >= 15 is 0 Å². The van der Waals surface area contributed by atoms with Gasteiger partial charge in [0.1, 0.15) is 5.75 Å². The van der Waals surface area contributed by atoms with Gasteiger partial charge in [-0.25, -0.2) is 0 Å². The minimum Gasteiger partial charge on any atom is -0.497 e. The Bertz CT molecular complexity index is 693. The van der Waals surface area contributed by atoms with Crippen molar-refractivity contribution in [1.29, 1.82) is 0 Å². The van der Waals surface area contributed by atoms with Crippen molar-refractivity contribution in [2.24, 2.45) is 11.5 Å². The van der Waals surface area contributed by atoms with Gasteiger partial charge in [0, 0.05) is 0 Å². The second kappa shape index (κ2) is 10.9. The van der Waals surface area contributed by atoms with Crippen LogP contribution in [0.5, 0.6) is 5.75 Å². The first-order valence-electron chi connectivity index (χ1n) is 8.30. The molecule has 2 aromatic rings. The lowest BCUT2D eigenvalue weighted by molar-refractivity contribution is -0.125. The molecule has 0 spiro atoms. The summed E-state index contributed by atoms with van der Waals surface area (Å²) in [7, 11) is 1.58. The number of hydrogen-bond donors (Lipinski definition) is 3. The van der Waals surface area contributed by atoms with E-state index < -0.39 is 17.9 Å². The largest absolute Gasteiger partial charge is 0.497 e. The van der Waals surface area contributed by atoms with Crippen molar-refractivity contribution in [2.45, 2.75) is 26.3 Å². The molecule has 2 aromatic carbocycles. The normalized spacial score (nSPS) is 10.9. The number of nitrogens with one attached hydrogen (secondary N) is 1. The van der Waals surface area contributed by atoms with Crippen molar-refractivity contribution in [2.75, 3.05) is 13.7 Å². The predicted molar refractivity (Wildman–Crippen MR) is 103 cm³/mol. The molecule has 0 aromatic heterocycles. The minimum absolute atomic E-state index is 0.199. The van der Waals surface area contributed by atoms with Gasteiger partial charge in [-0.05, 0) is 49.1 Å². The Labute approximate surface area is 154 Å². The number of carbonyl (C=O) groups is 2. The van der Waals surface area contributed by atoms with Crippen LogP contribution >= 0.6 is 0 Å². The molecule has 6 nitrogen and oxygen atoms in total. The van der Waals surface area contributed by atoms with E-state index in [1.165, 1.54) is 11.1 Å². The SMILES string of the molecule is COc1ccc(CC(N)C(=O)NCC(N)=O)cc1.Cc1ccccc1C. The number of primary amides is 1. The molecule has 0 radical (unpaired) electrons. The third-order valence-corrected chi connectivity index (χ3v) is 3.81. The van der Waals surface area contributed by atoms with Crippen LogP contribution in [0.4, 0.5) is 0 Å². The summed E-state index contributed by atoms with van der Waals surface area (Å²) < 4.78 is 5.02. The van der Waals surface area contributed by atoms with Crippen molar-refractivity contribution in [1.82, 2.24) is 5.32 Å². The Balaban J connectivity index is 0.000000350. The van der Waals surface area contributed by atoms with E-state index in [4.69, 9.17) is 16.2 Å². The van der Waals surface area contributed by atoms with E-state index in [1.54, 1.807) is 19.2 Å². The number of ether oxygens (including phenoxy) is 1.